The van der Waals surface area contributed by atoms with E-state index in [9.17, 15) is 9.18 Å². The largest absolute Gasteiger partial charge is 0.462 e. The molecular weight excluding hydrogens is 390 g/mol. The number of halogens is 4. The van der Waals surface area contributed by atoms with Crippen LogP contribution in [0.25, 0.3) is 5.57 Å². The van der Waals surface area contributed by atoms with Crippen LogP contribution >= 0.6 is 34.8 Å². The van der Waals surface area contributed by atoms with Gasteiger partial charge in [-0.1, -0.05) is 52.5 Å². The lowest BCUT2D eigenvalue weighted by atomic mass is 10.1. The van der Waals surface area contributed by atoms with Gasteiger partial charge in [-0.25, -0.2) is 9.18 Å². The van der Waals surface area contributed by atoms with Crippen molar-refractivity contribution in [2.45, 2.75) is 13.8 Å². The maximum Gasteiger partial charge on any atom is 0.341 e. The van der Waals surface area contributed by atoms with Crippen molar-refractivity contribution in [2.24, 2.45) is 0 Å². The molecule has 132 valence electrons. The average molecular weight is 404 g/mol. The zero-order valence-electron chi connectivity index (χ0n) is 13.4. The molecule has 0 bridgehead atoms. The predicted octanol–water partition coefficient (Wildman–Crippen LogP) is 6.29. The van der Waals surface area contributed by atoms with Crippen LogP contribution in [0.2, 0.25) is 5.02 Å². The van der Waals surface area contributed by atoms with E-state index in [0.717, 1.165) is 11.6 Å². The lowest BCUT2D eigenvalue weighted by Gasteiger charge is -2.13. The smallest absolute Gasteiger partial charge is 0.341 e. The molecule has 2 aromatic rings. The van der Waals surface area contributed by atoms with Crippen LogP contribution in [-0.2, 0) is 9.53 Å². The van der Waals surface area contributed by atoms with Crippen molar-refractivity contribution in [1.29, 1.82) is 0 Å². The van der Waals surface area contributed by atoms with Gasteiger partial charge < -0.3 is 9.47 Å². The SMILES string of the molecule is CCOC(=O)C(=C(Cl)Cl)c1cc(Oc2ccc(C)cc2)c(Cl)cc1F. The maximum absolute atomic E-state index is 14.3. The van der Waals surface area contributed by atoms with Crippen LogP contribution in [0, 0.1) is 12.7 Å². The van der Waals surface area contributed by atoms with Crippen molar-refractivity contribution in [1.82, 2.24) is 0 Å². The number of hydrogen-bond acceptors (Lipinski definition) is 3. The number of hydrogen-bond donors (Lipinski definition) is 0. The molecule has 0 aliphatic rings. The summed E-state index contributed by atoms with van der Waals surface area (Å²) in [7, 11) is 0. The summed E-state index contributed by atoms with van der Waals surface area (Å²) in [4.78, 5) is 12.0. The lowest BCUT2D eigenvalue weighted by molar-refractivity contribution is -0.136. The van der Waals surface area contributed by atoms with E-state index in [0.29, 0.717) is 5.75 Å². The van der Waals surface area contributed by atoms with E-state index in [2.05, 4.69) is 0 Å². The standard InChI is InChI=1S/C18H14Cl3FO3/c1-3-24-18(23)16(17(20)21)12-8-15(13(19)9-14(12)22)25-11-6-4-10(2)5-7-11/h4-9H,3H2,1-2H3. The van der Waals surface area contributed by atoms with Gasteiger partial charge in [0.05, 0.1) is 11.6 Å². The third kappa shape index (κ3) is 4.88. The molecule has 0 unspecified atom stereocenters. The number of rotatable bonds is 5. The number of aryl methyl sites for hydroxylation is 1. The summed E-state index contributed by atoms with van der Waals surface area (Å²) in [5, 5.41) is 0.0377. The van der Waals surface area contributed by atoms with Crippen molar-refractivity contribution in [3.8, 4) is 11.5 Å². The third-order valence-corrected chi connectivity index (χ3v) is 3.88. The molecule has 0 N–H and O–H groups in total. The van der Waals surface area contributed by atoms with Crippen LogP contribution in [0.3, 0.4) is 0 Å². The van der Waals surface area contributed by atoms with Crippen molar-refractivity contribution in [3.63, 3.8) is 0 Å². The second-order valence-corrected chi connectivity index (χ2v) is 6.39. The van der Waals surface area contributed by atoms with Gasteiger partial charge in [-0.3, -0.25) is 0 Å². The fourth-order valence-electron chi connectivity index (χ4n) is 2.02. The van der Waals surface area contributed by atoms with E-state index >= 15 is 0 Å². The minimum atomic E-state index is -0.843. The summed E-state index contributed by atoms with van der Waals surface area (Å²) in [6.45, 7) is 3.64. The number of esters is 1. The zero-order chi connectivity index (χ0) is 18.6. The van der Waals surface area contributed by atoms with Crippen LogP contribution in [0.1, 0.15) is 18.1 Å². The van der Waals surface area contributed by atoms with Gasteiger partial charge in [-0.05, 0) is 38.1 Å². The average Bonchev–Trinajstić information content (AvgIpc) is 2.54. The second-order valence-electron chi connectivity index (χ2n) is 5.03. The molecule has 0 amide bonds. The molecule has 0 saturated carbocycles. The summed E-state index contributed by atoms with van der Waals surface area (Å²) in [5.74, 6) is -0.963. The Morgan fingerprint density at radius 2 is 1.80 bits per heavy atom. The Kier molecular flexibility index (Phi) is 6.71. The van der Waals surface area contributed by atoms with E-state index in [1.54, 1.807) is 19.1 Å². The van der Waals surface area contributed by atoms with E-state index < -0.39 is 16.3 Å². The summed E-state index contributed by atoms with van der Waals surface area (Å²) in [6, 6.07) is 9.47. The molecular formula is C18H14Cl3FO3. The van der Waals surface area contributed by atoms with Gasteiger partial charge in [-0.2, -0.15) is 0 Å². The quantitative estimate of drug-likeness (QED) is 0.435. The topological polar surface area (TPSA) is 35.5 Å². The molecule has 0 fully saturated rings. The summed E-state index contributed by atoms with van der Waals surface area (Å²) in [5.41, 5.74) is 0.595. The first-order chi connectivity index (χ1) is 11.8. The first kappa shape index (κ1) is 19.6. The van der Waals surface area contributed by atoms with Gasteiger partial charge in [0.15, 0.2) is 0 Å². The van der Waals surface area contributed by atoms with Crippen molar-refractivity contribution in [3.05, 3.63) is 62.9 Å². The van der Waals surface area contributed by atoms with Gasteiger partial charge in [-0.15, -0.1) is 0 Å². The lowest BCUT2D eigenvalue weighted by Crippen LogP contribution is -2.09. The number of carbonyl (C=O) groups excluding carboxylic acids is 1. The first-order valence-electron chi connectivity index (χ1n) is 7.29. The van der Waals surface area contributed by atoms with Crippen molar-refractivity contribution in [2.75, 3.05) is 6.61 Å². The van der Waals surface area contributed by atoms with Crippen LogP contribution in [0.4, 0.5) is 4.39 Å². The Morgan fingerprint density at radius 1 is 1.16 bits per heavy atom. The Bertz CT molecular complexity index is 813. The molecule has 2 aromatic carbocycles. The van der Waals surface area contributed by atoms with Gasteiger partial charge in [0, 0.05) is 5.56 Å². The molecule has 0 saturated heterocycles. The maximum atomic E-state index is 14.3. The molecule has 3 nitrogen and oxygen atoms in total. The van der Waals surface area contributed by atoms with Gasteiger partial charge >= 0.3 is 5.97 Å². The van der Waals surface area contributed by atoms with E-state index in [1.165, 1.54) is 6.07 Å². The Balaban J connectivity index is 2.47. The number of carbonyl (C=O) groups is 1. The number of benzene rings is 2. The van der Waals surface area contributed by atoms with E-state index in [1.807, 2.05) is 19.1 Å². The van der Waals surface area contributed by atoms with Crippen LogP contribution in [0.15, 0.2) is 40.9 Å². The summed E-state index contributed by atoms with van der Waals surface area (Å²) in [6.07, 6.45) is 0. The van der Waals surface area contributed by atoms with Crippen LogP contribution in [-0.4, -0.2) is 12.6 Å². The Morgan fingerprint density at radius 3 is 2.36 bits per heavy atom. The monoisotopic (exact) mass is 402 g/mol. The van der Waals surface area contributed by atoms with Crippen molar-refractivity contribution < 1.29 is 18.7 Å². The van der Waals surface area contributed by atoms with E-state index in [4.69, 9.17) is 44.3 Å². The van der Waals surface area contributed by atoms with Crippen LogP contribution < -0.4 is 4.74 Å². The van der Waals surface area contributed by atoms with E-state index in [-0.39, 0.29) is 28.5 Å². The molecule has 0 aromatic heterocycles. The molecule has 2 rings (SSSR count). The fraction of sp³-hybridized carbons (Fsp3) is 0.167. The Hall–Kier alpha value is -1.75. The highest BCUT2D eigenvalue weighted by Gasteiger charge is 2.23. The van der Waals surface area contributed by atoms with Gasteiger partial charge in [0.1, 0.15) is 27.4 Å². The van der Waals surface area contributed by atoms with Crippen molar-refractivity contribution >= 4 is 46.3 Å². The minimum absolute atomic E-state index is 0.0377. The fourth-order valence-corrected chi connectivity index (χ4v) is 2.57. The molecule has 25 heavy (non-hydrogen) atoms. The van der Waals surface area contributed by atoms with Crippen LogP contribution in [0.5, 0.6) is 11.5 Å². The summed E-state index contributed by atoms with van der Waals surface area (Å²) >= 11 is 17.6. The zero-order valence-corrected chi connectivity index (χ0v) is 15.7. The minimum Gasteiger partial charge on any atom is -0.462 e. The highest BCUT2D eigenvalue weighted by atomic mass is 35.5. The molecule has 0 aliphatic heterocycles. The third-order valence-electron chi connectivity index (χ3n) is 3.21. The number of ether oxygens (including phenoxy) is 2. The molecule has 0 radical (unpaired) electrons. The Labute approximate surface area is 159 Å². The van der Waals surface area contributed by atoms with Gasteiger partial charge in [0.25, 0.3) is 0 Å². The first-order valence-corrected chi connectivity index (χ1v) is 8.43. The van der Waals surface area contributed by atoms with Gasteiger partial charge in [0.2, 0.25) is 0 Å². The normalized spacial score (nSPS) is 10.3. The molecule has 0 aliphatic carbocycles. The molecule has 0 spiro atoms. The summed E-state index contributed by atoms with van der Waals surface area (Å²) < 4.78 is 24.5. The predicted molar refractivity (Wildman–Crippen MR) is 97.9 cm³/mol. The highest BCUT2D eigenvalue weighted by molar-refractivity contribution is 6.61. The highest BCUT2D eigenvalue weighted by Crippen LogP contribution is 2.36. The second kappa shape index (κ2) is 8.56. The molecule has 0 heterocycles. The molecule has 0 atom stereocenters. The molecule has 7 heteroatoms.